The predicted molar refractivity (Wildman–Crippen MR) is 140 cm³/mol. The number of rotatable bonds is 8. The van der Waals surface area contributed by atoms with Crippen molar-refractivity contribution >= 4 is 24.4 Å². The second-order valence-electron chi connectivity index (χ2n) is 8.49. The van der Waals surface area contributed by atoms with Crippen molar-refractivity contribution in [1.82, 2.24) is 9.80 Å². The third kappa shape index (κ3) is 10.1. The molecule has 1 aliphatic heterocycles. The zero-order valence-electron chi connectivity index (χ0n) is 21.8. The van der Waals surface area contributed by atoms with Crippen LogP contribution in [0.3, 0.4) is 0 Å². The highest BCUT2D eigenvalue weighted by atomic mass is 16.5. The molecule has 2 aromatic carbocycles. The van der Waals surface area contributed by atoms with Crippen LogP contribution in [0.4, 0.5) is 0 Å². The average molecular weight is 543 g/mol. The van der Waals surface area contributed by atoms with Gasteiger partial charge in [0.25, 0.3) is 11.8 Å². The summed E-state index contributed by atoms with van der Waals surface area (Å²) in [5.41, 5.74) is 0.734. The molecule has 1 aliphatic rings. The van der Waals surface area contributed by atoms with E-state index in [9.17, 15) is 19.2 Å². The first-order valence-corrected chi connectivity index (χ1v) is 12.7. The lowest BCUT2D eigenvalue weighted by molar-refractivity contribution is -0.135. The van der Waals surface area contributed by atoms with E-state index < -0.39 is 0 Å². The first-order chi connectivity index (χ1) is 19.1. The summed E-state index contributed by atoms with van der Waals surface area (Å²) in [5.74, 6) is 0.139. The van der Waals surface area contributed by atoms with Gasteiger partial charge in [-0.2, -0.15) is 0 Å². The summed E-state index contributed by atoms with van der Waals surface area (Å²) < 4.78 is 28.1. The van der Waals surface area contributed by atoms with Crippen LogP contribution in [-0.4, -0.2) is 113 Å². The van der Waals surface area contributed by atoms with Gasteiger partial charge < -0.3 is 33.5 Å². The zero-order chi connectivity index (χ0) is 27.7. The van der Waals surface area contributed by atoms with E-state index in [0.29, 0.717) is 87.8 Å². The molecule has 0 aliphatic carbocycles. The van der Waals surface area contributed by atoms with Gasteiger partial charge in [-0.25, -0.2) is 0 Å². The topological polar surface area (TPSA) is 121 Å². The molecule has 0 atom stereocenters. The fourth-order valence-corrected chi connectivity index (χ4v) is 3.73. The fourth-order valence-electron chi connectivity index (χ4n) is 3.73. The molecule has 0 unspecified atom stereocenters. The predicted octanol–water partition coefficient (Wildman–Crippen LogP) is 1.49. The van der Waals surface area contributed by atoms with Crippen molar-refractivity contribution in [3.05, 3.63) is 59.7 Å². The van der Waals surface area contributed by atoms with Gasteiger partial charge in [-0.3, -0.25) is 19.2 Å². The van der Waals surface area contributed by atoms with Crippen LogP contribution in [0, 0.1) is 0 Å². The summed E-state index contributed by atoms with van der Waals surface area (Å²) in [6.45, 7) is 2.60. The lowest BCUT2D eigenvalue weighted by Crippen LogP contribution is -2.41. The first kappa shape index (κ1) is 29.8. The molecule has 39 heavy (non-hydrogen) atoms. The maximum atomic E-state index is 12.8. The Balaban J connectivity index is 1.51. The summed E-state index contributed by atoms with van der Waals surface area (Å²) in [4.78, 5) is 51.2. The maximum Gasteiger partial charge on any atom is 0.260 e. The van der Waals surface area contributed by atoms with E-state index in [1.54, 1.807) is 58.3 Å². The van der Waals surface area contributed by atoms with Gasteiger partial charge >= 0.3 is 0 Å². The highest BCUT2D eigenvalue weighted by molar-refractivity contribution is 5.81. The molecule has 0 aromatic heterocycles. The average Bonchev–Trinajstić information content (AvgIpc) is 2.98. The number of carbonyl (C=O) groups is 4. The van der Waals surface area contributed by atoms with E-state index in [0.717, 1.165) is 0 Å². The second-order valence-corrected chi connectivity index (χ2v) is 8.49. The van der Waals surface area contributed by atoms with Crippen LogP contribution < -0.4 is 9.47 Å². The van der Waals surface area contributed by atoms with Crippen molar-refractivity contribution in [2.45, 2.75) is 0 Å². The second kappa shape index (κ2) is 16.9. The first-order valence-electron chi connectivity index (χ1n) is 12.7. The molecule has 2 aromatic rings. The van der Waals surface area contributed by atoms with Gasteiger partial charge in [-0.15, -0.1) is 0 Å². The Morgan fingerprint density at radius 1 is 0.615 bits per heavy atom. The number of nitrogens with zero attached hydrogens (tertiary/aromatic N) is 2. The molecule has 3 rings (SSSR count). The van der Waals surface area contributed by atoms with Gasteiger partial charge in [0, 0.05) is 26.2 Å². The molecular formula is C28H34N2O9. The molecule has 11 nitrogen and oxygen atoms in total. The van der Waals surface area contributed by atoms with E-state index in [4.69, 9.17) is 23.7 Å². The Bertz CT molecular complexity index is 995. The SMILES string of the molecule is O=Cc1ccccc1OCC(=O)N1CCOCCOCCN(C(=O)COc2ccccc2C=O)CCOCC1. The summed E-state index contributed by atoms with van der Waals surface area (Å²) in [6, 6.07) is 13.4. The number of hydrogen-bond acceptors (Lipinski definition) is 9. The Kier molecular flexibility index (Phi) is 12.9. The monoisotopic (exact) mass is 542 g/mol. The van der Waals surface area contributed by atoms with Crippen molar-refractivity contribution in [2.75, 3.05) is 79.0 Å². The number of para-hydroxylation sites is 2. The molecular weight excluding hydrogens is 508 g/mol. The largest absolute Gasteiger partial charge is 0.483 e. The van der Waals surface area contributed by atoms with Gasteiger partial charge in [0.05, 0.1) is 50.8 Å². The lowest BCUT2D eigenvalue weighted by Gasteiger charge is -2.24. The number of benzene rings is 2. The Labute approximate surface area is 227 Å². The number of ether oxygens (including phenoxy) is 5. The molecule has 0 spiro atoms. The van der Waals surface area contributed by atoms with Crippen LogP contribution in [0.5, 0.6) is 11.5 Å². The summed E-state index contributed by atoms with van der Waals surface area (Å²) >= 11 is 0. The fraction of sp³-hybridized carbons (Fsp3) is 0.429. The smallest absolute Gasteiger partial charge is 0.260 e. The van der Waals surface area contributed by atoms with Crippen molar-refractivity contribution in [3.63, 3.8) is 0 Å². The van der Waals surface area contributed by atoms with Crippen molar-refractivity contribution in [3.8, 4) is 11.5 Å². The number of aldehydes is 2. The molecule has 11 heteroatoms. The normalized spacial score (nSPS) is 15.9. The van der Waals surface area contributed by atoms with Crippen LogP contribution >= 0.6 is 0 Å². The van der Waals surface area contributed by atoms with Crippen LogP contribution in [0.15, 0.2) is 48.5 Å². The molecule has 0 saturated carbocycles. The third-order valence-corrected chi connectivity index (χ3v) is 5.89. The van der Waals surface area contributed by atoms with E-state index in [-0.39, 0.29) is 38.2 Å². The van der Waals surface area contributed by atoms with Gasteiger partial charge in [0.15, 0.2) is 25.8 Å². The van der Waals surface area contributed by atoms with Crippen molar-refractivity contribution in [1.29, 1.82) is 0 Å². The van der Waals surface area contributed by atoms with E-state index >= 15 is 0 Å². The number of hydrogen-bond donors (Lipinski definition) is 0. The Hall–Kier alpha value is -3.80. The van der Waals surface area contributed by atoms with E-state index in [2.05, 4.69) is 0 Å². The molecule has 2 amide bonds. The minimum Gasteiger partial charge on any atom is -0.483 e. The van der Waals surface area contributed by atoms with Gasteiger partial charge in [-0.05, 0) is 24.3 Å². The lowest BCUT2D eigenvalue weighted by atomic mass is 10.2. The minimum absolute atomic E-state index is 0.233. The molecule has 0 radical (unpaired) electrons. The van der Waals surface area contributed by atoms with Crippen molar-refractivity contribution in [2.24, 2.45) is 0 Å². The molecule has 210 valence electrons. The van der Waals surface area contributed by atoms with E-state index in [1.165, 1.54) is 0 Å². The summed E-state index contributed by atoms with van der Waals surface area (Å²) in [5, 5.41) is 0. The Morgan fingerprint density at radius 2 is 0.974 bits per heavy atom. The molecule has 0 bridgehead atoms. The van der Waals surface area contributed by atoms with Crippen LogP contribution in [0.2, 0.25) is 0 Å². The van der Waals surface area contributed by atoms with Crippen LogP contribution in [0.1, 0.15) is 20.7 Å². The molecule has 1 heterocycles. The Morgan fingerprint density at radius 3 is 1.36 bits per heavy atom. The van der Waals surface area contributed by atoms with Gasteiger partial charge in [0.1, 0.15) is 11.5 Å². The highest BCUT2D eigenvalue weighted by Gasteiger charge is 2.18. The zero-order valence-corrected chi connectivity index (χ0v) is 21.8. The highest BCUT2D eigenvalue weighted by Crippen LogP contribution is 2.16. The van der Waals surface area contributed by atoms with Crippen molar-refractivity contribution < 1.29 is 42.9 Å². The van der Waals surface area contributed by atoms with Gasteiger partial charge in [-0.1, -0.05) is 24.3 Å². The summed E-state index contributed by atoms with van der Waals surface area (Å²) in [7, 11) is 0. The maximum absolute atomic E-state index is 12.8. The third-order valence-electron chi connectivity index (χ3n) is 5.89. The molecule has 1 saturated heterocycles. The number of carbonyl (C=O) groups excluding carboxylic acids is 4. The van der Waals surface area contributed by atoms with E-state index in [1.807, 2.05) is 0 Å². The van der Waals surface area contributed by atoms with Crippen LogP contribution in [-0.2, 0) is 23.8 Å². The number of amides is 2. The minimum atomic E-state index is -0.270. The molecule has 0 N–H and O–H groups in total. The quantitative estimate of drug-likeness (QED) is 0.457. The van der Waals surface area contributed by atoms with Gasteiger partial charge in [0.2, 0.25) is 0 Å². The summed E-state index contributed by atoms with van der Waals surface area (Å²) in [6.07, 6.45) is 1.36. The van der Waals surface area contributed by atoms with Crippen LogP contribution in [0.25, 0.3) is 0 Å². The standard InChI is InChI=1S/C28H34N2O9/c31-19-23-5-1-3-7-25(23)38-21-27(33)29-9-13-35-14-10-30(12-16-37-18-17-36-15-11-29)28(34)22-39-26-8-4-2-6-24(26)20-32/h1-8,19-20H,9-18,21-22H2. The molecule has 1 fully saturated rings.